The van der Waals surface area contributed by atoms with Gasteiger partial charge in [-0.3, -0.25) is 14.2 Å². The van der Waals surface area contributed by atoms with Gasteiger partial charge >= 0.3 is 0 Å². The Labute approximate surface area is 194 Å². The summed E-state index contributed by atoms with van der Waals surface area (Å²) >= 11 is 2.81. The number of primary sulfonamides is 1. The molecule has 0 bridgehead atoms. The first-order valence-electron chi connectivity index (χ1n) is 10.3. The summed E-state index contributed by atoms with van der Waals surface area (Å²) in [5.41, 5.74) is 1.57. The van der Waals surface area contributed by atoms with Gasteiger partial charge in [0.15, 0.2) is 5.16 Å². The van der Waals surface area contributed by atoms with E-state index in [1.54, 1.807) is 15.9 Å². The summed E-state index contributed by atoms with van der Waals surface area (Å²) in [5, 5.41) is 9.07. The molecular weight excluding hydrogens is 468 g/mol. The van der Waals surface area contributed by atoms with Crippen LogP contribution in [-0.4, -0.2) is 29.6 Å². The van der Waals surface area contributed by atoms with Crippen molar-refractivity contribution in [3.63, 3.8) is 0 Å². The topological polar surface area (TPSA) is 124 Å². The number of carbonyl (C=O) groups is 1. The fourth-order valence-electron chi connectivity index (χ4n) is 3.85. The van der Waals surface area contributed by atoms with E-state index in [0.717, 1.165) is 35.0 Å². The number of thioether (sulfide) groups is 1. The monoisotopic (exact) mass is 492 g/mol. The fourth-order valence-corrected chi connectivity index (χ4v) is 6.65. The smallest absolute Gasteiger partial charge is 0.263 e. The van der Waals surface area contributed by atoms with Crippen molar-refractivity contribution >= 4 is 54.9 Å². The van der Waals surface area contributed by atoms with Gasteiger partial charge in [0.25, 0.3) is 5.56 Å². The third-order valence-electron chi connectivity index (χ3n) is 5.50. The van der Waals surface area contributed by atoms with Gasteiger partial charge < -0.3 is 5.32 Å². The van der Waals surface area contributed by atoms with Crippen molar-refractivity contribution in [1.29, 1.82) is 0 Å². The molecule has 11 heteroatoms. The van der Waals surface area contributed by atoms with Crippen LogP contribution in [0.1, 0.15) is 30.7 Å². The molecule has 0 aliphatic heterocycles. The highest BCUT2D eigenvalue weighted by atomic mass is 32.2. The van der Waals surface area contributed by atoms with Crippen LogP contribution in [0.3, 0.4) is 0 Å². The lowest BCUT2D eigenvalue weighted by Gasteiger charge is -2.17. The molecule has 2 heterocycles. The van der Waals surface area contributed by atoms with Crippen molar-refractivity contribution < 1.29 is 13.2 Å². The number of nitrogens with zero attached hydrogens (tertiary/aromatic N) is 2. The Hall–Kier alpha value is -2.21. The van der Waals surface area contributed by atoms with Crippen molar-refractivity contribution in [2.45, 2.75) is 49.7 Å². The highest BCUT2D eigenvalue weighted by molar-refractivity contribution is 7.99. The highest BCUT2D eigenvalue weighted by Gasteiger charge is 2.24. The molecule has 1 atom stereocenters. The van der Waals surface area contributed by atoms with E-state index in [-0.39, 0.29) is 22.1 Å². The van der Waals surface area contributed by atoms with Crippen molar-refractivity contribution in [3.8, 4) is 0 Å². The number of carbonyl (C=O) groups excluding carboxylic acids is 1. The van der Waals surface area contributed by atoms with Crippen molar-refractivity contribution in [2.75, 3.05) is 11.1 Å². The predicted molar refractivity (Wildman–Crippen MR) is 128 cm³/mol. The average Bonchev–Trinajstić information content (AvgIpc) is 3.09. The van der Waals surface area contributed by atoms with Crippen molar-refractivity contribution in [1.82, 2.24) is 9.55 Å². The predicted octanol–water partition coefficient (Wildman–Crippen LogP) is 2.98. The van der Waals surface area contributed by atoms with Gasteiger partial charge in [-0.25, -0.2) is 18.5 Å². The number of aryl methyl sites for hydroxylation is 1. The number of thiophene rings is 1. The molecular formula is C21H24N4O4S3. The maximum atomic E-state index is 13.2. The van der Waals surface area contributed by atoms with Gasteiger partial charge in [-0.2, -0.15) is 0 Å². The summed E-state index contributed by atoms with van der Waals surface area (Å²) in [4.78, 5) is 32.3. The summed E-state index contributed by atoms with van der Waals surface area (Å²) < 4.78 is 24.3. The van der Waals surface area contributed by atoms with Crippen molar-refractivity contribution in [3.05, 3.63) is 45.1 Å². The van der Waals surface area contributed by atoms with Gasteiger partial charge in [0, 0.05) is 17.1 Å². The van der Waals surface area contributed by atoms with E-state index in [1.165, 1.54) is 40.9 Å². The molecule has 1 amide bonds. The Morgan fingerprint density at radius 3 is 2.72 bits per heavy atom. The number of hydrogen-bond acceptors (Lipinski definition) is 7. The lowest BCUT2D eigenvalue weighted by Crippen LogP contribution is -2.24. The minimum absolute atomic E-state index is 0.0256. The van der Waals surface area contributed by atoms with E-state index in [2.05, 4.69) is 12.2 Å². The number of anilines is 1. The summed E-state index contributed by atoms with van der Waals surface area (Å²) in [6, 6.07) is 5.63. The molecule has 2 aromatic heterocycles. The second kappa shape index (κ2) is 8.97. The third-order valence-corrected chi connectivity index (χ3v) is 8.55. The number of hydrogen-bond donors (Lipinski definition) is 2. The molecule has 32 heavy (non-hydrogen) atoms. The molecule has 1 aliphatic rings. The molecule has 0 radical (unpaired) electrons. The second-order valence-corrected chi connectivity index (χ2v) is 11.5. The normalized spacial score (nSPS) is 16.2. The number of amides is 1. The van der Waals surface area contributed by atoms with Gasteiger partial charge in [-0.15, -0.1) is 11.3 Å². The van der Waals surface area contributed by atoms with E-state index in [4.69, 9.17) is 10.1 Å². The molecule has 0 unspecified atom stereocenters. The molecule has 3 aromatic rings. The van der Waals surface area contributed by atoms with Crippen LogP contribution in [0, 0.1) is 5.92 Å². The number of benzene rings is 1. The van der Waals surface area contributed by atoms with Crippen LogP contribution >= 0.6 is 23.1 Å². The molecule has 8 nitrogen and oxygen atoms in total. The molecule has 170 valence electrons. The third kappa shape index (κ3) is 4.61. The maximum Gasteiger partial charge on any atom is 0.263 e. The Morgan fingerprint density at radius 1 is 1.34 bits per heavy atom. The van der Waals surface area contributed by atoms with Gasteiger partial charge in [0.2, 0.25) is 15.9 Å². The Bertz CT molecular complexity index is 1340. The lowest BCUT2D eigenvalue weighted by molar-refractivity contribution is -0.113. The lowest BCUT2D eigenvalue weighted by atomic mass is 9.89. The quantitative estimate of drug-likeness (QED) is 0.403. The van der Waals surface area contributed by atoms with Crippen LogP contribution in [0.15, 0.2) is 39.1 Å². The molecule has 0 saturated carbocycles. The van der Waals surface area contributed by atoms with Crippen LogP contribution in [0.5, 0.6) is 0 Å². The Morgan fingerprint density at radius 2 is 2.06 bits per heavy atom. The zero-order chi connectivity index (χ0) is 23.0. The number of aromatic nitrogens is 2. The van der Waals surface area contributed by atoms with Crippen molar-refractivity contribution in [2.24, 2.45) is 11.1 Å². The zero-order valence-electron chi connectivity index (χ0n) is 17.8. The molecule has 1 aromatic carbocycles. The Balaban J connectivity index is 1.52. The zero-order valence-corrected chi connectivity index (χ0v) is 20.2. The van der Waals surface area contributed by atoms with Gasteiger partial charge in [-0.05, 0) is 61.9 Å². The van der Waals surface area contributed by atoms with Crippen LogP contribution < -0.4 is 16.0 Å². The van der Waals surface area contributed by atoms with E-state index in [0.29, 0.717) is 23.3 Å². The summed E-state index contributed by atoms with van der Waals surface area (Å²) in [5.74, 6) is 0.395. The molecule has 4 rings (SSSR count). The molecule has 0 fully saturated rings. The summed E-state index contributed by atoms with van der Waals surface area (Å²) in [6.07, 6.45) is 2.98. The molecule has 1 aliphatic carbocycles. The first kappa shape index (κ1) is 23.0. The molecule has 3 N–H and O–H groups in total. The fraction of sp³-hybridized carbons (Fsp3) is 0.381. The first-order valence-corrected chi connectivity index (χ1v) is 13.6. The van der Waals surface area contributed by atoms with E-state index in [9.17, 15) is 18.0 Å². The first-order chi connectivity index (χ1) is 15.2. The number of sulfonamides is 1. The minimum atomic E-state index is -3.79. The van der Waals surface area contributed by atoms with E-state index >= 15 is 0 Å². The highest BCUT2D eigenvalue weighted by Crippen LogP contribution is 2.36. The van der Waals surface area contributed by atoms with Crippen LogP contribution in [0.2, 0.25) is 0 Å². The van der Waals surface area contributed by atoms with Crippen LogP contribution in [0.4, 0.5) is 5.69 Å². The van der Waals surface area contributed by atoms with Gasteiger partial charge in [-0.1, -0.05) is 18.7 Å². The van der Waals surface area contributed by atoms with Gasteiger partial charge in [0.05, 0.1) is 16.0 Å². The number of rotatable bonds is 6. The van der Waals surface area contributed by atoms with Crippen LogP contribution in [-0.2, 0) is 34.2 Å². The standard InChI is InChI=1S/C21H24N4O4S3/c1-3-25-20(27)18-15-9-4-12(2)10-16(15)31-19(18)24-21(25)30-11-17(26)23-13-5-7-14(8-6-13)32(22,28)29/h5-8,12H,3-4,9-11H2,1-2H3,(H,23,26)(H2,22,28,29)/t12-/m1/s1. The Kier molecular flexibility index (Phi) is 6.44. The average molecular weight is 493 g/mol. The van der Waals surface area contributed by atoms with Crippen LogP contribution in [0.25, 0.3) is 10.2 Å². The minimum Gasteiger partial charge on any atom is -0.325 e. The van der Waals surface area contributed by atoms with E-state index in [1.807, 2.05) is 6.92 Å². The second-order valence-electron chi connectivity index (χ2n) is 7.88. The van der Waals surface area contributed by atoms with Gasteiger partial charge in [0.1, 0.15) is 4.83 Å². The number of nitrogens with two attached hydrogens (primary N) is 1. The number of nitrogens with one attached hydrogen (secondary N) is 1. The SMILES string of the molecule is CCn1c(SCC(=O)Nc2ccc(S(N)(=O)=O)cc2)nc2sc3c(c2c1=O)CC[C@@H](C)C3. The molecule has 0 saturated heterocycles. The summed E-state index contributed by atoms with van der Waals surface area (Å²) in [7, 11) is -3.79. The number of fused-ring (bicyclic) bond motifs is 3. The largest absolute Gasteiger partial charge is 0.325 e. The maximum absolute atomic E-state index is 13.2. The van der Waals surface area contributed by atoms with E-state index < -0.39 is 10.0 Å². The molecule has 0 spiro atoms. The summed E-state index contributed by atoms with van der Waals surface area (Å²) in [6.45, 7) is 4.60.